The average molecular weight is 272 g/mol. The number of carboxylic acid groups (broad SMARTS) is 1. The number of hydrogen-bond donors (Lipinski definition) is 3. The molecule has 7 heteroatoms. The van der Waals surface area contributed by atoms with E-state index < -0.39 is 12.0 Å². The molecule has 0 aliphatic rings. The third-order valence-corrected chi connectivity index (χ3v) is 3.15. The zero-order valence-corrected chi connectivity index (χ0v) is 11.0. The van der Waals surface area contributed by atoms with Crippen LogP contribution in [-0.2, 0) is 4.74 Å². The molecular formula is C11H16N2O4S. The maximum Gasteiger partial charge on any atom is 0.338 e. The first-order valence-electron chi connectivity index (χ1n) is 5.45. The largest absolute Gasteiger partial charge is 0.478 e. The molecule has 1 atom stereocenters. The Hall–Kier alpha value is -1.60. The van der Waals surface area contributed by atoms with Crippen molar-refractivity contribution < 1.29 is 19.4 Å². The highest BCUT2D eigenvalue weighted by Gasteiger charge is 2.15. The van der Waals surface area contributed by atoms with Crippen LogP contribution in [0.4, 0.5) is 9.80 Å². The Labute approximate surface area is 109 Å². The van der Waals surface area contributed by atoms with E-state index in [0.29, 0.717) is 11.6 Å². The predicted octanol–water partition coefficient (Wildman–Crippen LogP) is 1.99. The van der Waals surface area contributed by atoms with Crippen LogP contribution < -0.4 is 10.6 Å². The van der Waals surface area contributed by atoms with E-state index in [4.69, 9.17) is 9.84 Å². The zero-order chi connectivity index (χ0) is 13.5. The molecule has 1 rings (SSSR count). The van der Waals surface area contributed by atoms with Crippen molar-refractivity contribution in [2.24, 2.45) is 0 Å². The fraction of sp³-hybridized carbons (Fsp3) is 0.455. The lowest BCUT2D eigenvalue weighted by Crippen LogP contribution is -2.40. The molecule has 3 N–H and O–H groups in total. The van der Waals surface area contributed by atoms with Crippen LogP contribution in [-0.4, -0.2) is 36.9 Å². The second kappa shape index (κ2) is 6.97. The van der Waals surface area contributed by atoms with Crippen molar-refractivity contribution in [1.29, 1.82) is 0 Å². The van der Waals surface area contributed by atoms with Crippen LogP contribution >= 0.6 is 11.3 Å². The van der Waals surface area contributed by atoms with E-state index in [0.717, 1.165) is 6.42 Å². The molecule has 1 heterocycles. The summed E-state index contributed by atoms with van der Waals surface area (Å²) < 4.78 is 4.96. The number of amides is 2. The Morgan fingerprint density at radius 3 is 2.83 bits per heavy atom. The van der Waals surface area contributed by atoms with Crippen molar-refractivity contribution in [2.75, 3.05) is 19.0 Å². The fourth-order valence-electron chi connectivity index (χ4n) is 1.36. The number of ether oxygens (including phenoxy) is 1. The van der Waals surface area contributed by atoms with Crippen molar-refractivity contribution in [3.8, 4) is 0 Å². The minimum Gasteiger partial charge on any atom is -0.478 e. The molecule has 0 bridgehead atoms. The molecule has 0 saturated carbocycles. The van der Waals surface area contributed by atoms with E-state index in [2.05, 4.69) is 10.6 Å². The molecule has 100 valence electrons. The molecule has 2 amide bonds. The molecule has 0 saturated heterocycles. The molecule has 0 radical (unpaired) electrons. The van der Waals surface area contributed by atoms with Crippen LogP contribution in [0.5, 0.6) is 0 Å². The number of hydrogen-bond acceptors (Lipinski definition) is 4. The number of nitrogens with one attached hydrogen (secondary N) is 2. The maximum atomic E-state index is 11.7. The summed E-state index contributed by atoms with van der Waals surface area (Å²) in [7, 11) is 1.56. The smallest absolute Gasteiger partial charge is 0.338 e. The summed E-state index contributed by atoms with van der Waals surface area (Å²) in [6.45, 7) is 2.35. The molecule has 0 aromatic carbocycles. The van der Waals surface area contributed by atoms with Crippen molar-refractivity contribution in [1.82, 2.24) is 5.32 Å². The van der Waals surface area contributed by atoms with Gasteiger partial charge in [-0.3, -0.25) is 5.32 Å². The first-order valence-corrected chi connectivity index (χ1v) is 6.33. The van der Waals surface area contributed by atoms with Gasteiger partial charge < -0.3 is 15.2 Å². The molecule has 0 fully saturated rings. The molecular weight excluding hydrogens is 256 g/mol. The zero-order valence-electron chi connectivity index (χ0n) is 10.2. The quantitative estimate of drug-likeness (QED) is 0.739. The summed E-state index contributed by atoms with van der Waals surface area (Å²) in [5.74, 6) is -1.06. The molecule has 6 nitrogen and oxygen atoms in total. The number of carboxylic acids is 1. The van der Waals surface area contributed by atoms with Gasteiger partial charge in [-0.1, -0.05) is 6.92 Å². The topological polar surface area (TPSA) is 87.7 Å². The van der Waals surface area contributed by atoms with Gasteiger partial charge in [0.15, 0.2) is 0 Å². The van der Waals surface area contributed by atoms with E-state index in [1.54, 1.807) is 12.5 Å². The lowest BCUT2D eigenvalue weighted by atomic mass is 10.2. The normalized spacial score (nSPS) is 11.9. The van der Waals surface area contributed by atoms with Crippen LogP contribution in [0.1, 0.15) is 23.7 Å². The van der Waals surface area contributed by atoms with Crippen LogP contribution in [0.15, 0.2) is 11.4 Å². The summed E-state index contributed by atoms with van der Waals surface area (Å²) in [5.41, 5.74) is 0.0925. The SMILES string of the molecule is CCC(COC)NC(=O)Nc1sccc1C(=O)O. The highest BCUT2D eigenvalue weighted by Crippen LogP contribution is 2.22. The van der Waals surface area contributed by atoms with Gasteiger partial charge >= 0.3 is 12.0 Å². The Kier molecular flexibility index (Phi) is 5.60. The second-order valence-electron chi connectivity index (χ2n) is 3.63. The highest BCUT2D eigenvalue weighted by molar-refractivity contribution is 7.14. The summed E-state index contributed by atoms with van der Waals surface area (Å²) in [6.07, 6.45) is 0.734. The van der Waals surface area contributed by atoms with Gasteiger partial charge in [-0.05, 0) is 17.9 Å². The number of carbonyl (C=O) groups is 2. The molecule has 0 spiro atoms. The standard InChI is InChI=1S/C11H16N2O4S/c1-3-7(6-17-2)12-11(16)13-9-8(10(14)15)4-5-18-9/h4-5,7H,3,6H2,1-2H3,(H,14,15)(H2,12,13,16). The van der Waals surface area contributed by atoms with Crippen LogP contribution in [0.2, 0.25) is 0 Å². The van der Waals surface area contributed by atoms with Gasteiger partial charge in [-0.2, -0.15) is 0 Å². The molecule has 1 aromatic rings. The van der Waals surface area contributed by atoms with Crippen molar-refractivity contribution in [3.05, 3.63) is 17.0 Å². The lowest BCUT2D eigenvalue weighted by molar-refractivity contribution is 0.0698. The van der Waals surface area contributed by atoms with E-state index in [1.807, 2.05) is 6.92 Å². The van der Waals surface area contributed by atoms with Crippen LogP contribution in [0, 0.1) is 0 Å². The van der Waals surface area contributed by atoms with E-state index >= 15 is 0 Å². The minimum atomic E-state index is -1.06. The summed E-state index contributed by atoms with van der Waals surface area (Å²) in [4.78, 5) is 22.5. The molecule has 0 aliphatic carbocycles. The maximum absolute atomic E-state index is 11.7. The summed E-state index contributed by atoms with van der Waals surface area (Å²) in [5, 5.41) is 16.1. The van der Waals surface area contributed by atoms with Crippen molar-refractivity contribution in [3.63, 3.8) is 0 Å². The third kappa shape index (κ3) is 4.01. The van der Waals surface area contributed by atoms with E-state index in [1.165, 1.54) is 17.4 Å². The number of carbonyl (C=O) groups excluding carboxylic acids is 1. The number of thiophene rings is 1. The predicted molar refractivity (Wildman–Crippen MR) is 69.4 cm³/mol. The van der Waals surface area contributed by atoms with Gasteiger partial charge in [-0.25, -0.2) is 9.59 Å². The Balaban J connectivity index is 2.58. The number of urea groups is 1. The average Bonchev–Trinajstić information content (AvgIpc) is 2.76. The van der Waals surface area contributed by atoms with E-state index in [9.17, 15) is 9.59 Å². The third-order valence-electron chi connectivity index (χ3n) is 2.32. The molecule has 1 unspecified atom stereocenters. The summed E-state index contributed by atoms with van der Waals surface area (Å²) >= 11 is 1.17. The number of anilines is 1. The minimum absolute atomic E-state index is 0.0925. The van der Waals surface area contributed by atoms with Crippen LogP contribution in [0.25, 0.3) is 0 Å². The monoisotopic (exact) mass is 272 g/mol. The van der Waals surface area contributed by atoms with Gasteiger partial charge in [0.25, 0.3) is 0 Å². The fourth-order valence-corrected chi connectivity index (χ4v) is 2.14. The molecule has 0 aliphatic heterocycles. The van der Waals surface area contributed by atoms with Gasteiger partial charge in [0.2, 0.25) is 0 Å². The first-order chi connectivity index (χ1) is 8.58. The van der Waals surface area contributed by atoms with Gasteiger partial charge in [-0.15, -0.1) is 11.3 Å². The van der Waals surface area contributed by atoms with Crippen LogP contribution in [0.3, 0.4) is 0 Å². The van der Waals surface area contributed by atoms with E-state index in [-0.39, 0.29) is 11.6 Å². The van der Waals surface area contributed by atoms with Gasteiger partial charge in [0.05, 0.1) is 18.2 Å². The first kappa shape index (κ1) is 14.5. The Morgan fingerprint density at radius 2 is 2.28 bits per heavy atom. The Bertz CT molecular complexity index is 419. The second-order valence-corrected chi connectivity index (χ2v) is 4.54. The van der Waals surface area contributed by atoms with Gasteiger partial charge in [0.1, 0.15) is 5.00 Å². The number of methoxy groups -OCH3 is 1. The highest BCUT2D eigenvalue weighted by atomic mass is 32.1. The van der Waals surface area contributed by atoms with Crippen molar-refractivity contribution in [2.45, 2.75) is 19.4 Å². The molecule has 18 heavy (non-hydrogen) atoms. The number of rotatable bonds is 6. The van der Waals surface area contributed by atoms with Gasteiger partial charge in [0, 0.05) is 7.11 Å². The molecule has 1 aromatic heterocycles. The summed E-state index contributed by atoms with van der Waals surface area (Å²) in [6, 6.07) is 0.932. The van der Waals surface area contributed by atoms with Crippen molar-refractivity contribution >= 4 is 28.3 Å². The number of aromatic carboxylic acids is 1. The lowest BCUT2D eigenvalue weighted by Gasteiger charge is -2.16. The Morgan fingerprint density at radius 1 is 1.56 bits per heavy atom.